The van der Waals surface area contributed by atoms with E-state index in [9.17, 15) is 0 Å². The highest BCUT2D eigenvalue weighted by Crippen LogP contribution is 2.27. The van der Waals surface area contributed by atoms with Gasteiger partial charge in [-0.25, -0.2) is 4.98 Å². The minimum absolute atomic E-state index is 0.632. The second-order valence-corrected chi connectivity index (χ2v) is 5.98. The van der Waals surface area contributed by atoms with Gasteiger partial charge in [-0.05, 0) is 43.4 Å². The second-order valence-electron chi connectivity index (χ2n) is 4.95. The maximum absolute atomic E-state index is 5.49. The summed E-state index contributed by atoms with van der Waals surface area (Å²) < 4.78 is 6.75. The summed E-state index contributed by atoms with van der Waals surface area (Å²) in [6.45, 7) is 4.90. The number of aromatic nitrogens is 1. The van der Waals surface area contributed by atoms with Gasteiger partial charge in [0, 0.05) is 13.2 Å². The zero-order valence-corrected chi connectivity index (χ0v) is 11.4. The fourth-order valence-corrected chi connectivity index (χ4v) is 3.28. The lowest BCUT2D eigenvalue weighted by Crippen LogP contribution is -2.24. The normalized spacial score (nSPS) is 20.2. The molecule has 1 aromatic heterocycles. The summed E-state index contributed by atoms with van der Waals surface area (Å²) in [7, 11) is 0. The highest BCUT2D eigenvalue weighted by Gasteiger charge is 2.14. The van der Waals surface area contributed by atoms with E-state index in [1.54, 1.807) is 11.3 Å². The van der Waals surface area contributed by atoms with Gasteiger partial charge in [-0.3, -0.25) is 0 Å². The summed E-state index contributed by atoms with van der Waals surface area (Å²) in [4.78, 5) is 4.60. The zero-order valence-electron chi connectivity index (χ0n) is 10.6. The van der Waals surface area contributed by atoms with Crippen molar-refractivity contribution in [3.8, 4) is 0 Å². The monoisotopic (exact) mass is 262 g/mol. The fraction of sp³-hybridized carbons (Fsp3) is 0.500. The van der Waals surface area contributed by atoms with Crippen LogP contribution in [0.25, 0.3) is 10.2 Å². The lowest BCUT2D eigenvalue weighted by Gasteiger charge is -2.21. The lowest BCUT2D eigenvalue weighted by atomic mass is 10.0. The van der Waals surface area contributed by atoms with Gasteiger partial charge < -0.3 is 10.1 Å². The molecule has 18 heavy (non-hydrogen) atoms. The van der Waals surface area contributed by atoms with Crippen molar-refractivity contribution in [3.05, 3.63) is 23.8 Å². The maximum atomic E-state index is 5.49. The molecule has 0 bridgehead atoms. The van der Waals surface area contributed by atoms with Crippen LogP contribution in [-0.2, 0) is 4.74 Å². The number of nitrogens with one attached hydrogen (secondary N) is 1. The number of aryl methyl sites for hydroxylation is 1. The molecule has 96 valence electrons. The van der Waals surface area contributed by atoms with Crippen LogP contribution >= 0.6 is 11.3 Å². The van der Waals surface area contributed by atoms with E-state index in [0.717, 1.165) is 30.4 Å². The minimum Gasteiger partial charge on any atom is -0.381 e. The first-order chi connectivity index (χ1) is 8.81. The number of thiazole rings is 1. The van der Waals surface area contributed by atoms with Crippen molar-refractivity contribution >= 4 is 26.7 Å². The Labute approximate surface area is 111 Å². The summed E-state index contributed by atoms with van der Waals surface area (Å²) in [5.74, 6) is 0.632. The highest BCUT2D eigenvalue weighted by molar-refractivity contribution is 7.22. The summed E-state index contributed by atoms with van der Waals surface area (Å²) in [6.07, 6.45) is 2.45. The second kappa shape index (κ2) is 5.24. The van der Waals surface area contributed by atoms with Crippen molar-refractivity contribution < 1.29 is 4.74 Å². The van der Waals surface area contributed by atoms with Gasteiger partial charge in [0.15, 0.2) is 5.13 Å². The molecule has 1 aliphatic heterocycles. The van der Waals surface area contributed by atoms with E-state index >= 15 is 0 Å². The molecule has 0 spiro atoms. The molecule has 0 saturated carbocycles. The number of benzene rings is 1. The molecule has 1 unspecified atom stereocenters. The van der Waals surface area contributed by atoms with Crippen molar-refractivity contribution in [2.75, 3.05) is 25.1 Å². The lowest BCUT2D eigenvalue weighted by molar-refractivity contribution is 0.0595. The molecule has 1 atom stereocenters. The SMILES string of the molecule is Cc1ccc2nc(NCC3CCCOC3)sc2c1. The van der Waals surface area contributed by atoms with Gasteiger partial charge in [0.2, 0.25) is 0 Å². The molecule has 2 aromatic rings. The van der Waals surface area contributed by atoms with Crippen LogP contribution in [0.4, 0.5) is 5.13 Å². The average Bonchev–Trinajstić information content (AvgIpc) is 2.79. The number of ether oxygens (including phenoxy) is 1. The van der Waals surface area contributed by atoms with Crippen LogP contribution in [-0.4, -0.2) is 24.7 Å². The quantitative estimate of drug-likeness (QED) is 0.920. The van der Waals surface area contributed by atoms with Crippen LogP contribution in [0.15, 0.2) is 18.2 Å². The Morgan fingerprint density at radius 1 is 1.50 bits per heavy atom. The van der Waals surface area contributed by atoms with Crippen LogP contribution in [0.1, 0.15) is 18.4 Å². The minimum atomic E-state index is 0.632. The van der Waals surface area contributed by atoms with Gasteiger partial charge in [0.25, 0.3) is 0 Å². The highest BCUT2D eigenvalue weighted by atomic mass is 32.1. The van der Waals surface area contributed by atoms with E-state index in [4.69, 9.17) is 4.74 Å². The summed E-state index contributed by atoms with van der Waals surface area (Å²) in [5.41, 5.74) is 2.38. The van der Waals surface area contributed by atoms with Gasteiger partial charge in [-0.2, -0.15) is 0 Å². The molecule has 1 fully saturated rings. The molecule has 0 aliphatic carbocycles. The molecular weight excluding hydrogens is 244 g/mol. The van der Waals surface area contributed by atoms with Crippen molar-refractivity contribution in [2.45, 2.75) is 19.8 Å². The number of nitrogens with zero attached hydrogens (tertiary/aromatic N) is 1. The zero-order chi connectivity index (χ0) is 12.4. The first-order valence-electron chi connectivity index (χ1n) is 6.50. The first kappa shape index (κ1) is 11.9. The Balaban J connectivity index is 1.67. The number of hydrogen-bond acceptors (Lipinski definition) is 4. The maximum Gasteiger partial charge on any atom is 0.183 e. The van der Waals surface area contributed by atoms with Crippen molar-refractivity contribution in [1.82, 2.24) is 4.98 Å². The molecular formula is C14H18N2OS. The Kier molecular flexibility index (Phi) is 3.48. The third-order valence-corrected chi connectivity index (χ3v) is 4.32. The molecule has 3 nitrogen and oxygen atoms in total. The van der Waals surface area contributed by atoms with Gasteiger partial charge in [0.05, 0.1) is 16.8 Å². The third kappa shape index (κ3) is 2.65. The van der Waals surface area contributed by atoms with E-state index in [0.29, 0.717) is 5.92 Å². The van der Waals surface area contributed by atoms with Crippen LogP contribution in [0.3, 0.4) is 0 Å². The number of fused-ring (bicyclic) bond motifs is 1. The fourth-order valence-electron chi connectivity index (χ4n) is 2.31. The smallest absolute Gasteiger partial charge is 0.183 e. The molecule has 0 amide bonds. The Morgan fingerprint density at radius 3 is 3.28 bits per heavy atom. The van der Waals surface area contributed by atoms with E-state index in [1.807, 2.05) is 0 Å². The van der Waals surface area contributed by atoms with E-state index in [-0.39, 0.29) is 0 Å². The largest absolute Gasteiger partial charge is 0.381 e. The van der Waals surface area contributed by atoms with Gasteiger partial charge in [0.1, 0.15) is 0 Å². The molecule has 4 heteroatoms. The predicted molar refractivity (Wildman–Crippen MR) is 76.4 cm³/mol. The third-order valence-electron chi connectivity index (χ3n) is 3.34. The van der Waals surface area contributed by atoms with Crippen LogP contribution in [0.5, 0.6) is 0 Å². The molecule has 0 radical (unpaired) electrons. The molecule has 1 saturated heterocycles. The summed E-state index contributed by atoms with van der Waals surface area (Å²) in [5, 5.41) is 4.48. The van der Waals surface area contributed by atoms with Crippen molar-refractivity contribution in [1.29, 1.82) is 0 Å². The van der Waals surface area contributed by atoms with Crippen molar-refractivity contribution in [3.63, 3.8) is 0 Å². The van der Waals surface area contributed by atoms with Crippen LogP contribution in [0.2, 0.25) is 0 Å². The van der Waals surface area contributed by atoms with E-state index < -0.39 is 0 Å². The average molecular weight is 262 g/mol. The number of rotatable bonds is 3. The molecule has 1 N–H and O–H groups in total. The molecule has 1 aliphatic rings. The summed E-state index contributed by atoms with van der Waals surface area (Å²) >= 11 is 1.74. The first-order valence-corrected chi connectivity index (χ1v) is 7.32. The molecule has 1 aromatic carbocycles. The Hall–Kier alpha value is -1.13. The molecule has 3 rings (SSSR count). The Morgan fingerprint density at radius 2 is 2.44 bits per heavy atom. The number of anilines is 1. The van der Waals surface area contributed by atoms with Gasteiger partial charge >= 0.3 is 0 Å². The van der Waals surface area contributed by atoms with E-state index in [1.165, 1.54) is 23.1 Å². The van der Waals surface area contributed by atoms with Gasteiger partial charge in [-0.15, -0.1) is 0 Å². The van der Waals surface area contributed by atoms with Gasteiger partial charge in [-0.1, -0.05) is 17.4 Å². The Bertz CT molecular complexity index is 532. The van der Waals surface area contributed by atoms with Crippen LogP contribution < -0.4 is 5.32 Å². The summed E-state index contributed by atoms with van der Waals surface area (Å²) in [6, 6.07) is 6.40. The topological polar surface area (TPSA) is 34.2 Å². The standard InChI is InChI=1S/C14H18N2OS/c1-10-4-5-12-13(7-10)18-14(16-12)15-8-11-3-2-6-17-9-11/h4-5,7,11H,2-3,6,8-9H2,1H3,(H,15,16). The van der Waals surface area contributed by atoms with E-state index in [2.05, 4.69) is 35.4 Å². The predicted octanol–water partition coefficient (Wildman–Crippen LogP) is 3.44. The molecule has 2 heterocycles. The number of hydrogen-bond donors (Lipinski definition) is 1. The van der Waals surface area contributed by atoms with Crippen molar-refractivity contribution in [2.24, 2.45) is 5.92 Å². The van der Waals surface area contributed by atoms with Crippen LogP contribution in [0, 0.1) is 12.8 Å².